The summed E-state index contributed by atoms with van der Waals surface area (Å²) < 4.78 is 17.7. The van der Waals surface area contributed by atoms with Crippen molar-refractivity contribution in [1.29, 1.82) is 0 Å². The lowest BCUT2D eigenvalue weighted by molar-refractivity contribution is -0.157. The summed E-state index contributed by atoms with van der Waals surface area (Å²) in [5, 5.41) is 34.5. The number of phenolic OH excluding ortho intramolecular Hbond substituents is 1. The summed E-state index contributed by atoms with van der Waals surface area (Å²) in [5.74, 6) is -1.80. The minimum Gasteiger partial charge on any atom is -0.508 e. The molecule has 9 heteroatoms. The molecule has 3 aromatic carbocycles. The van der Waals surface area contributed by atoms with Crippen LogP contribution in [0.15, 0.2) is 66.7 Å². The van der Waals surface area contributed by atoms with Gasteiger partial charge in [-0.05, 0) is 23.3 Å². The second-order valence-electron chi connectivity index (χ2n) is 8.88. The molecule has 0 bridgehead atoms. The van der Waals surface area contributed by atoms with Gasteiger partial charge in [0.15, 0.2) is 11.2 Å². The maximum Gasteiger partial charge on any atom is 0.250 e. The summed E-state index contributed by atoms with van der Waals surface area (Å²) in [6.45, 7) is 0. The molecule has 1 amide bonds. The van der Waals surface area contributed by atoms with E-state index in [1.165, 1.54) is 33.5 Å². The van der Waals surface area contributed by atoms with Crippen molar-refractivity contribution in [3.63, 3.8) is 0 Å². The van der Waals surface area contributed by atoms with E-state index in [1.54, 1.807) is 36.4 Å². The molecule has 1 fully saturated rings. The monoisotopic (exact) mass is 493 g/mol. The Morgan fingerprint density at radius 3 is 2.31 bits per heavy atom. The fourth-order valence-corrected chi connectivity index (χ4v) is 5.83. The van der Waals surface area contributed by atoms with Gasteiger partial charge in [-0.3, -0.25) is 9.63 Å². The van der Waals surface area contributed by atoms with Gasteiger partial charge < -0.3 is 29.5 Å². The molecule has 0 radical (unpaired) electrons. The zero-order valence-electron chi connectivity index (χ0n) is 20.0. The van der Waals surface area contributed by atoms with Gasteiger partial charge in [-0.25, -0.2) is 5.48 Å². The van der Waals surface area contributed by atoms with Crippen LogP contribution < -0.4 is 19.7 Å². The lowest BCUT2D eigenvalue weighted by Crippen LogP contribution is -2.52. The highest BCUT2D eigenvalue weighted by atomic mass is 16.6. The third kappa shape index (κ3) is 3.10. The largest absolute Gasteiger partial charge is 0.508 e. The van der Waals surface area contributed by atoms with Crippen LogP contribution in [0.1, 0.15) is 22.6 Å². The van der Waals surface area contributed by atoms with E-state index in [2.05, 4.69) is 5.48 Å². The normalized spacial score (nSPS) is 28.1. The molecule has 1 saturated carbocycles. The second-order valence-corrected chi connectivity index (χ2v) is 8.88. The van der Waals surface area contributed by atoms with Crippen LogP contribution in [0.5, 0.6) is 23.0 Å². The number of fused-ring (bicyclic) bond motifs is 3. The van der Waals surface area contributed by atoms with Crippen molar-refractivity contribution in [2.45, 2.75) is 23.2 Å². The molecule has 5 rings (SSSR count). The molecule has 0 unspecified atom stereocenters. The predicted molar refractivity (Wildman–Crippen MR) is 128 cm³/mol. The van der Waals surface area contributed by atoms with Gasteiger partial charge in [0, 0.05) is 18.1 Å². The first kappa shape index (κ1) is 23.9. The van der Waals surface area contributed by atoms with E-state index in [0.29, 0.717) is 16.9 Å². The Bertz CT molecular complexity index is 1280. The number of hydrogen-bond acceptors (Lipinski definition) is 8. The van der Waals surface area contributed by atoms with Gasteiger partial charge in [-0.2, -0.15) is 0 Å². The zero-order chi connectivity index (χ0) is 25.7. The summed E-state index contributed by atoms with van der Waals surface area (Å²) in [6.07, 6.45) is -1.64. The average molecular weight is 494 g/mol. The predicted octanol–water partition coefficient (Wildman–Crippen LogP) is 2.34. The smallest absolute Gasteiger partial charge is 0.250 e. The van der Waals surface area contributed by atoms with Gasteiger partial charge in [0.05, 0.1) is 32.8 Å². The lowest BCUT2D eigenvalue weighted by atomic mass is 9.70. The number of ether oxygens (including phenoxy) is 3. The van der Waals surface area contributed by atoms with Crippen molar-refractivity contribution in [3.8, 4) is 23.0 Å². The van der Waals surface area contributed by atoms with Gasteiger partial charge in [0.1, 0.15) is 29.1 Å². The van der Waals surface area contributed by atoms with Crippen LogP contribution >= 0.6 is 0 Å². The van der Waals surface area contributed by atoms with Crippen LogP contribution in [0.25, 0.3) is 0 Å². The lowest BCUT2D eigenvalue weighted by Gasteiger charge is -2.40. The van der Waals surface area contributed by atoms with Gasteiger partial charge in [-0.15, -0.1) is 0 Å². The summed E-state index contributed by atoms with van der Waals surface area (Å²) in [6, 6.07) is 18.4. The molecule has 2 aliphatic rings. The van der Waals surface area contributed by atoms with Crippen molar-refractivity contribution in [1.82, 2.24) is 5.48 Å². The highest BCUT2D eigenvalue weighted by Crippen LogP contribution is 2.70. The van der Waals surface area contributed by atoms with Crippen molar-refractivity contribution in [2.24, 2.45) is 5.92 Å². The first-order valence-corrected chi connectivity index (χ1v) is 11.4. The number of benzene rings is 3. The number of hydroxylamine groups is 1. The fraction of sp³-hybridized carbons (Fsp3) is 0.296. The minimum atomic E-state index is -2.15. The minimum absolute atomic E-state index is 0.0110. The molecule has 0 saturated heterocycles. The Balaban J connectivity index is 1.88. The standard InChI is InChI=1S/C27H27NO8/c1-33-18-13-19(34-2)23-20(14-18)36-27(16-9-11-17(29)12-10-16)22(15-7-5-4-6-8-15)21(25(31)28-35-3)24(30)26(23,27)32/h4-14,21-22,24,29-30,32H,1-3H3,(H,28,31)/t21-,22-,24+,26-,27-/m1/s1. The topological polar surface area (TPSA) is 127 Å². The number of aromatic hydroxyl groups is 1. The summed E-state index contributed by atoms with van der Waals surface area (Å²) in [5.41, 5.74) is -0.237. The zero-order valence-corrected chi connectivity index (χ0v) is 20.0. The van der Waals surface area contributed by atoms with E-state index in [0.717, 1.165) is 0 Å². The molecular weight excluding hydrogens is 466 g/mol. The number of amides is 1. The van der Waals surface area contributed by atoms with Crippen molar-refractivity contribution < 1.29 is 39.2 Å². The van der Waals surface area contributed by atoms with E-state index in [-0.39, 0.29) is 22.8 Å². The molecule has 0 spiro atoms. The highest BCUT2D eigenvalue weighted by Gasteiger charge is 2.78. The maximum atomic E-state index is 13.4. The second kappa shape index (κ2) is 8.70. The van der Waals surface area contributed by atoms with E-state index >= 15 is 0 Å². The Kier molecular flexibility index (Phi) is 5.78. The molecule has 1 aliphatic carbocycles. The molecule has 36 heavy (non-hydrogen) atoms. The SMILES string of the molecule is CONC(=O)[C@@H]1[C@@H](c2ccccc2)[C@@]2(c3ccc(O)cc3)Oc3cc(OC)cc(OC)c3[C@@]2(O)[C@H]1O. The number of hydrogen-bond donors (Lipinski definition) is 4. The molecule has 1 aliphatic heterocycles. The van der Waals surface area contributed by atoms with Crippen molar-refractivity contribution in [2.75, 3.05) is 21.3 Å². The summed E-state index contributed by atoms with van der Waals surface area (Å²) >= 11 is 0. The first-order chi connectivity index (χ1) is 17.3. The van der Waals surface area contributed by atoms with Crippen LogP contribution in [0, 0.1) is 5.92 Å². The molecule has 3 aromatic rings. The van der Waals surface area contributed by atoms with Crippen LogP contribution in [0.3, 0.4) is 0 Å². The van der Waals surface area contributed by atoms with E-state index in [4.69, 9.17) is 19.0 Å². The molecular formula is C27H27NO8. The van der Waals surface area contributed by atoms with Crippen LogP contribution in [-0.4, -0.2) is 48.7 Å². The van der Waals surface area contributed by atoms with E-state index in [9.17, 15) is 20.1 Å². The number of methoxy groups -OCH3 is 2. The van der Waals surface area contributed by atoms with Gasteiger partial charge >= 0.3 is 0 Å². The number of rotatable bonds is 6. The van der Waals surface area contributed by atoms with Crippen LogP contribution in [0.4, 0.5) is 0 Å². The Morgan fingerprint density at radius 1 is 1.00 bits per heavy atom. The number of aliphatic hydroxyl groups is 2. The van der Waals surface area contributed by atoms with E-state index in [1.807, 2.05) is 18.2 Å². The Labute approximate surface area is 207 Å². The van der Waals surface area contributed by atoms with Gasteiger partial charge in [0.2, 0.25) is 5.91 Å². The molecule has 188 valence electrons. The fourth-order valence-electron chi connectivity index (χ4n) is 5.83. The molecule has 4 N–H and O–H groups in total. The average Bonchev–Trinajstić information content (AvgIpc) is 3.27. The van der Waals surface area contributed by atoms with Crippen molar-refractivity contribution >= 4 is 5.91 Å². The Hall–Kier alpha value is -3.79. The van der Waals surface area contributed by atoms with E-state index < -0.39 is 35.0 Å². The first-order valence-electron chi connectivity index (χ1n) is 11.4. The highest BCUT2D eigenvalue weighted by molar-refractivity contribution is 5.82. The number of carbonyl (C=O) groups excluding carboxylic acids is 1. The molecule has 0 aromatic heterocycles. The maximum absolute atomic E-state index is 13.4. The third-order valence-corrected chi connectivity index (χ3v) is 7.24. The van der Waals surface area contributed by atoms with Gasteiger partial charge in [-0.1, -0.05) is 42.5 Å². The van der Waals surface area contributed by atoms with Gasteiger partial charge in [0.25, 0.3) is 0 Å². The number of phenols is 1. The molecule has 5 atom stereocenters. The Morgan fingerprint density at radius 2 is 1.69 bits per heavy atom. The summed E-state index contributed by atoms with van der Waals surface area (Å²) in [4.78, 5) is 18.2. The number of aliphatic hydroxyl groups excluding tert-OH is 1. The molecule has 9 nitrogen and oxygen atoms in total. The third-order valence-electron chi connectivity index (χ3n) is 7.24. The molecule has 1 heterocycles. The van der Waals surface area contributed by atoms with Crippen molar-refractivity contribution in [3.05, 3.63) is 83.4 Å². The van der Waals surface area contributed by atoms with Crippen LogP contribution in [-0.2, 0) is 20.8 Å². The van der Waals surface area contributed by atoms with Crippen LogP contribution in [0.2, 0.25) is 0 Å². The summed E-state index contributed by atoms with van der Waals surface area (Å²) in [7, 11) is 4.22. The number of nitrogens with one attached hydrogen (secondary N) is 1. The number of carbonyl (C=O) groups is 1. The quantitative estimate of drug-likeness (QED) is 0.386.